The maximum absolute atomic E-state index is 6.55. The zero-order valence-corrected chi connectivity index (χ0v) is 37.6. The van der Waals surface area contributed by atoms with Crippen LogP contribution in [0.5, 0.6) is 23.0 Å². The van der Waals surface area contributed by atoms with Gasteiger partial charge in [0.1, 0.15) is 17.5 Å². The van der Waals surface area contributed by atoms with Crippen molar-refractivity contribution >= 4 is 22.9 Å². The Kier molecular flexibility index (Phi) is 11.9. The number of nitrogens with zero attached hydrogens (tertiary/aromatic N) is 8. The fourth-order valence-corrected chi connectivity index (χ4v) is 7.78. The first-order chi connectivity index (χ1) is 30.3. The monoisotopic (exact) mass is 846 g/mol. The quantitative estimate of drug-likeness (QED) is 0.101. The van der Waals surface area contributed by atoms with Crippen molar-refractivity contribution < 1.29 is 18.9 Å². The van der Waals surface area contributed by atoms with Gasteiger partial charge in [0.2, 0.25) is 0 Å². The van der Waals surface area contributed by atoms with E-state index in [1.54, 1.807) is 27.5 Å². The molecular formula is C49H54N10O4. The number of ether oxygens (including phenoxy) is 4. The van der Waals surface area contributed by atoms with Crippen LogP contribution < -0.4 is 29.6 Å². The maximum atomic E-state index is 6.55. The summed E-state index contributed by atoms with van der Waals surface area (Å²) in [5, 5.41) is 17.1. The maximum Gasteiger partial charge on any atom is 0.165 e. The predicted molar refractivity (Wildman–Crippen MR) is 246 cm³/mol. The van der Waals surface area contributed by atoms with Crippen molar-refractivity contribution in [1.29, 1.82) is 0 Å². The molecule has 3 aromatic carbocycles. The van der Waals surface area contributed by atoms with E-state index in [1.165, 1.54) is 5.56 Å². The van der Waals surface area contributed by atoms with Crippen molar-refractivity contribution in [3.05, 3.63) is 130 Å². The number of aryl methyl sites for hydroxylation is 4. The molecule has 14 heteroatoms. The van der Waals surface area contributed by atoms with E-state index < -0.39 is 0 Å². The Bertz CT molecular complexity index is 2930. The first kappa shape index (κ1) is 42.5. The van der Waals surface area contributed by atoms with Crippen LogP contribution in [-0.4, -0.2) is 67.1 Å². The second kappa shape index (κ2) is 17.6. The van der Waals surface area contributed by atoms with E-state index in [0.717, 1.165) is 85.0 Å². The van der Waals surface area contributed by atoms with Crippen LogP contribution >= 0.6 is 0 Å². The molecule has 0 aliphatic carbocycles. The number of benzene rings is 3. The lowest BCUT2D eigenvalue weighted by Gasteiger charge is -2.19. The molecule has 8 rings (SSSR count). The molecule has 324 valence electrons. The largest absolute Gasteiger partial charge is 0.493 e. The van der Waals surface area contributed by atoms with Gasteiger partial charge in [-0.15, -0.1) is 0 Å². The summed E-state index contributed by atoms with van der Waals surface area (Å²) >= 11 is 0. The number of hydrogen-bond donors (Lipinski definition) is 2. The van der Waals surface area contributed by atoms with Gasteiger partial charge in [-0.3, -0.25) is 0 Å². The predicted octanol–water partition coefficient (Wildman–Crippen LogP) is 9.30. The van der Waals surface area contributed by atoms with E-state index in [2.05, 4.69) is 65.6 Å². The van der Waals surface area contributed by atoms with Crippen molar-refractivity contribution in [3.63, 3.8) is 0 Å². The molecule has 0 amide bonds. The zero-order valence-electron chi connectivity index (χ0n) is 37.6. The molecule has 0 aliphatic heterocycles. The minimum atomic E-state index is 0.0721. The fourth-order valence-electron chi connectivity index (χ4n) is 7.78. The molecule has 0 saturated heterocycles. The van der Waals surface area contributed by atoms with Crippen LogP contribution in [0.4, 0.5) is 11.6 Å². The summed E-state index contributed by atoms with van der Waals surface area (Å²) in [6.07, 6.45) is 2.27. The van der Waals surface area contributed by atoms with Crippen LogP contribution in [0.25, 0.3) is 33.5 Å². The normalized spacial score (nSPS) is 11.6. The van der Waals surface area contributed by atoms with Gasteiger partial charge < -0.3 is 29.6 Å². The Morgan fingerprint density at radius 3 is 1.79 bits per heavy atom. The lowest BCUT2D eigenvalue weighted by Crippen LogP contribution is -2.12. The Morgan fingerprint density at radius 2 is 1.17 bits per heavy atom. The molecule has 0 saturated carbocycles. The van der Waals surface area contributed by atoms with Gasteiger partial charge in [-0.25, -0.2) is 19.9 Å². The number of hydrogen-bond acceptors (Lipinski definition) is 12. The van der Waals surface area contributed by atoms with E-state index >= 15 is 0 Å². The van der Waals surface area contributed by atoms with Crippen molar-refractivity contribution in [2.75, 3.05) is 38.6 Å². The van der Waals surface area contributed by atoms with Gasteiger partial charge in [0, 0.05) is 53.8 Å². The summed E-state index contributed by atoms with van der Waals surface area (Å²) < 4.78 is 27.3. The minimum Gasteiger partial charge on any atom is -0.493 e. The van der Waals surface area contributed by atoms with Crippen LogP contribution in [0.2, 0.25) is 0 Å². The summed E-state index contributed by atoms with van der Waals surface area (Å²) in [7, 11) is 4.91. The minimum absolute atomic E-state index is 0.0721. The molecule has 0 unspecified atom stereocenters. The highest BCUT2D eigenvalue weighted by atomic mass is 16.5. The van der Waals surface area contributed by atoms with Gasteiger partial charge in [-0.05, 0) is 85.7 Å². The lowest BCUT2D eigenvalue weighted by molar-refractivity contribution is 0.297. The van der Waals surface area contributed by atoms with Gasteiger partial charge in [0.05, 0.1) is 51.6 Å². The van der Waals surface area contributed by atoms with E-state index in [1.807, 2.05) is 91.3 Å². The van der Waals surface area contributed by atoms with Gasteiger partial charge >= 0.3 is 0 Å². The van der Waals surface area contributed by atoms with Crippen molar-refractivity contribution in [2.45, 2.75) is 73.4 Å². The Morgan fingerprint density at radius 1 is 0.587 bits per heavy atom. The molecule has 14 nitrogen and oxygen atoms in total. The smallest absolute Gasteiger partial charge is 0.165 e. The van der Waals surface area contributed by atoms with Crippen molar-refractivity contribution in [2.24, 2.45) is 0 Å². The number of nitrogens with one attached hydrogen (secondary N) is 2. The van der Waals surface area contributed by atoms with Crippen LogP contribution in [0, 0.1) is 27.7 Å². The third kappa shape index (κ3) is 8.92. The first-order valence-electron chi connectivity index (χ1n) is 21.0. The molecule has 0 aliphatic rings. The summed E-state index contributed by atoms with van der Waals surface area (Å²) in [4.78, 5) is 18.9. The number of anilines is 2. The summed E-state index contributed by atoms with van der Waals surface area (Å²) in [5.74, 6) is 4.84. The Hall–Kier alpha value is -7.22. The molecule has 8 aromatic rings. The van der Waals surface area contributed by atoms with Crippen molar-refractivity contribution in [3.8, 4) is 45.3 Å². The summed E-state index contributed by atoms with van der Waals surface area (Å²) in [6, 6.07) is 26.5. The van der Waals surface area contributed by atoms with Crippen LogP contribution in [0.15, 0.2) is 85.1 Å². The second-order valence-electron chi connectivity index (χ2n) is 16.6. The van der Waals surface area contributed by atoms with Crippen molar-refractivity contribution in [1.82, 2.24) is 39.2 Å². The highest BCUT2D eigenvalue weighted by Crippen LogP contribution is 2.38. The van der Waals surface area contributed by atoms with Gasteiger partial charge in [0.15, 0.2) is 34.3 Å². The molecule has 0 atom stereocenters. The van der Waals surface area contributed by atoms with Gasteiger partial charge in [-0.1, -0.05) is 57.2 Å². The zero-order chi connectivity index (χ0) is 44.4. The van der Waals surface area contributed by atoms with Gasteiger partial charge in [-0.2, -0.15) is 19.2 Å². The third-order valence-corrected chi connectivity index (χ3v) is 11.0. The molecule has 0 radical (unpaired) electrons. The van der Waals surface area contributed by atoms with E-state index in [9.17, 15) is 0 Å². The molecule has 2 N–H and O–H groups in total. The van der Waals surface area contributed by atoms with Crippen LogP contribution in [0.3, 0.4) is 0 Å². The third-order valence-electron chi connectivity index (χ3n) is 11.0. The lowest BCUT2D eigenvalue weighted by atomic mass is 9.87. The van der Waals surface area contributed by atoms with Crippen LogP contribution in [-0.2, 0) is 24.9 Å². The number of rotatable bonds is 15. The number of aromatic nitrogens is 8. The van der Waals surface area contributed by atoms with E-state index in [-0.39, 0.29) is 5.41 Å². The second-order valence-corrected chi connectivity index (χ2v) is 16.6. The fraction of sp³-hybridized carbons (Fsp3) is 0.306. The highest BCUT2D eigenvalue weighted by Gasteiger charge is 2.21. The first-order valence-corrected chi connectivity index (χ1v) is 21.0. The average Bonchev–Trinajstić information content (AvgIpc) is 3.79. The topological polar surface area (TPSA) is 147 Å². The average molecular weight is 847 g/mol. The SMILES string of the molecule is COc1ccc(-c2c(C)nn3c(NCc4ccc(C(C)(C)C)cc4)cc(CCOc4cc(-c5c(C)nn6c(NCc7ccnc(C)n7)cc(C)nc56)ccc4OC)nc23)cc1OC. The molecule has 0 spiro atoms. The number of methoxy groups -OCH3 is 3. The molecule has 0 bridgehead atoms. The Balaban J connectivity index is 1.09. The highest BCUT2D eigenvalue weighted by molar-refractivity contribution is 5.83. The van der Waals surface area contributed by atoms with E-state index in [0.29, 0.717) is 49.1 Å². The summed E-state index contributed by atoms with van der Waals surface area (Å²) in [6.45, 7) is 16.0. The van der Waals surface area contributed by atoms with Crippen LogP contribution in [0.1, 0.15) is 66.2 Å². The summed E-state index contributed by atoms with van der Waals surface area (Å²) in [5.41, 5.74) is 11.8. The van der Waals surface area contributed by atoms with Gasteiger partial charge in [0.25, 0.3) is 0 Å². The molecule has 0 fully saturated rings. The molecule has 63 heavy (non-hydrogen) atoms. The molecular weight excluding hydrogens is 793 g/mol. The van der Waals surface area contributed by atoms with E-state index in [4.69, 9.17) is 39.1 Å². The molecule has 5 aromatic heterocycles. The Labute approximate surface area is 367 Å². The standard InChI is InChI=1S/C49H54N10O4/c1-29-23-43(52-28-38-19-21-50-32(4)54-38)58-47(53-29)45(30(2)56-58)35-14-18-40(61-9)42(25-35)63-22-20-37-26-44(51-27-33-11-15-36(16-12-33)49(5,6)7)59-48(55-37)46(31(3)57-59)34-13-17-39(60-8)41(24-34)62-10/h11-19,21,23-26,51-52H,20,22,27-28H2,1-10H3. The number of fused-ring (bicyclic) bond motifs is 2. The molecule has 5 heterocycles.